The molecule has 128 valence electrons. The van der Waals surface area contributed by atoms with Crippen LogP contribution < -0.4 is 5.32 Å². The molecule has 5 unspecified atom stereocenters. The fraction of sp³-hybridized carbons (Fsp3) is 0.857. The fourth-order valence-electron chi connectivity index (χ4n) is 1.99. The summed E-state index contributed by atoms with van der Waals surface area (Å²) in [5.41, 5.74) is -0.604. The molecule has 8 nitrogen and oxygen atoms in total. The molecule has 8 heteroatoms. The molecule has 22 heavy (non-hydrogen) atoms. The third-order valence-corrected chi connectivity index (χ3v) is 3.47. The smallest absolute Gasteiger partial charge is 0.217 e. The molecule has 1 aliphatic heterocycles. The minimum absolute atomic E-state index is 0.182. The molecule has 0 bridgehead atoms. The summed E-state index contributed by atoms with van der Waals surface area (Å²) in [6, 6.07) is -1.04. The topological polar surface area (TPSA) is 125 Å². The van der Waals surface area contributed by atoms with E-state index in [0.29, 0.717) is 0 Å². The van der Waals surface area contributed by atoms with Gasteiger partial charge in [0.25, 0.3) is 0 Å². The molecule has 1 aliphatic rings. The molecular formula is C14H25NO7. The molecule has 0 aliphatic carbocycles. The first-order valence-corrected chi connectivity index (χ1v) is 7.12. The van der Waals surface area contributed by atoms with Crippen LogP contribution >= 0.6 is 0 Å². The van der Waals surface area contributed by atoms with E-state index in [4.69, 9.17) is 14.6 Å². The van der Waals surface area contributed by atoms with Gasteiger partial charge in [-0.1, -0.05) is 20.8 Å². The highest BCUT2D eigenvalue weighted by Crippen LogP contribution is 2.23. The van der Waals surface area contributed by atoms with Crippen LogP contribution in [0.3, 0.4) is 0 Å². The number of aliphatic hydroxyl groups excluding tert-OH is 3. The van der Waals surface area contributed by atoms with Crippen LogP contribution in [0.1, 0.15) is 27.7 Å². The predicted octanol–water partition coefficient (Wildman–Crippen LogP) is -1.44. The van der Waals surface area contributed by atoms with E-state index in [1.807, 2.05) is 0 Å². The highest BCUT2D eigenvalue weighted by molar-refractivity contribution is 5.84. The summed E-state index contributed by atoms with van der Waals surface area (Å²) in [5, 5.41) is 31.5. The van der Waals surface area contributed by atoms with Crippen molar-refractivity contribution in [3.8, 4) is 0 Å². The Kier molecular flexibility index (Phi) is 6.45. The number of Topliss-reactive ketones (excluding diaryl/α,β-unsaturated/α-hetero) is 1. The maximum Gasteiger partial charge on any atom is 0.217 e. The lowest BCUT2D eigenvalue weighted by Crippen LogP contribution is -2.64. The molecule has 0 aromatic carbocycles. The fourth-order valence-corrected chi connectivity index (χ4v) is 1.99. The molecule has 0 radical (unpaired) electrons. The van der Waals surface area contributed by atoms with E-state index in [2.05, 4.69) is 5.32 Å². The number of aliphatic hydroxyl groups is 3. The van der Waals surface area contributed by atoms with E-state index in [0.717, 1.165) is 0 Å². The van der Waals surface area contributed by atoms with Crippen molar-refractivity contribution in [1.82, 2.24) is 5.32 Å². The first-order chi connectivity index (χ1) is 10.1. The Labute approximate surface area is 129 Å². The van der Waals surface area contributed by atoms with Crippen molar-refractivity contribution >= 4 is 11.7 Å². The maximum atomic E-state index is 11.9. The number of rotatable bonds is 5. The van der Waals surface area contributed by atoms with E-state index in [1.165, 1.54) is 6.92 Å². The average molecular weight is 319 g/mol. The number of amides is 1. The summed E-state index contributed by atoms with van der Waals surface area (Å²) in [6.07, 6.45) is -4.97. The number of ketones is 1. The number of nitrogens with one attached hydrogen (secondary N) is 1. The Morgan fingerprint density at radius 1 is 1.23 bits per heavy atom. The van der Waals surface area contributed by atoms with Gasteiger partial charge in [-0.2, -0.15) is 0 Å². The standard InChI is InChI=1S/C14H25NO7/c1-7(17)15-10-12(20)11(19)8(5-16)22-13(10)21-6-9(18)14(2,3)4/h8,10-13,16,19-20H,5-6H2,1-4H3,(H,15,17). The number of carbonyl (C=O) groups excluding carboxylic acids is 2. The Hall–Kier alpha value is -1.06. The molecule has 1 rings (SSSR count). The summed E-state index contributed by atoms with van der Waals surface area (Å²) in [6.45, 7) is 5.65. The average Bonchev–Trinajstić information content (AvgIpc) is 2.41. The zero-order valence-electron chi connectivity index (χ0n) is 13.3. The van der Waals surface area contributed by atoms with Crippen molar-refractivity contribution in [2.24, 2.45) is 5.41 Å². The third-order valence-electron chi connectivity index (χ3n) is 3.47. The molecule has 0 spiro atoms. The summed E-state index contributed by atoms with van der Waals surface area (Å²) in [5.74, 6) is -0.628. The van der Waals surface area contributed by atoms with Gasteiger partial charge in [-0.05, 0) is 0 Å². The van der Waals surface area contributed by atoms with E-state index in [-0.39, 0.29) is 12.4 Å². The van der Waals surface area contributed by atoms with Gasteiger partial charge in [0, 0.05) is 12.3 Å². The van der Waals surface area contributed by atoms with E-state index in [9.17, 15) is 19.8 Å². The summed E-state index contributed by atoms with van der Waals surface area (Å²) in [4.78, 5) is 23.1. The Balaban J connectivity index is 2.81. The van der Waals surface area contributed by atoms with Crippen molar-refractivity contribution in [1.29, 1.82) is 0 Å². The SMILES string of the molecule is CC(=O)NC1C(OCC(=O)C(C)(C)C)OC(CO)C(O)C1O. The van der Waals surface area contributed by atoms with Crippen molar-refractivity contribution in [2.75, 3.05) is 13.2 Å². The molecule has 0 aromatic rings. The Morgan fingerprint density at radius 3 is 2.27 bits per heavy atom. The number of hydrogen-bond acceptors (Lipinski definition) is 7. The van der Waals surface area contributed by atoms with Gasteiger partial charge in [0.1, 0.15) is 31.0 Å². The first-order valence-electron chi connectivity index (χ1n) is 7.12. The largest absolute Gasteiger partial charge is 0.394 e. The van der Waals surface area contributed by atoms with Gasteiger partial charge in [0.15, 0.2) is 12.1 Å². The zero-order valence-corrected chi connectivity index (χ0v) is 13.3. The second-order valence-corrected chi connectivity index (χ2v) is 6.42. The normalized spacial score (nSPS) is 32.6. The first kappa shape index (κ1) is 19.0. The Bertz CT molecular complexity index is 406. The van der Waals surface area contributed by atoms with Gasteiger partial charge in [0.2, 0.25) is 5.91 Å². The van der Waals surface area contributed by atoms with Crippen LogP contribution in [0.25, 0.3) is 0 Å². The van der Waals surface area contributed by atoms with Crippen LogP contribution in [-0.4, -0.2) is 70.9 Å². The monoisotopic (exact) mass is 319 g/mol. The Morgan fingerprint density at radius 2 is 1.82 bits per heavy atom. The van der Waals surface area contributed by atoms with Crippen LogP contribution in [0.2, 0.25) is 0 Å². The van der Waals surface area contributed by atoms with Crippen LogP contribution in [0.15, 0.2) is 0 Å². The van der Waals surface area contributed by atoms with Gasteiger partial charge in [-0.3, -0.25) is 9.59 Å². The van der Waals surface area contributed by atoms with Crippen LogP contribution in [0.5, 0.6) is 0 Å². The lowest BCUT2D eigenvalue weighted by molar-refractivity contribution is -0.268. The molecule has 5 atom stereocenters. The molecule has 4 N–H and O–H groups in total. The summed E-state index contributed by atoms with van der Waals surface area (Å²) < 4.78 is 10.7. The van der Waals surface area contributed by atoms with Crippen LogP contribution in [0.4, 0.5) is 0 Å². The minimum Gasteiger partial charge on any atom is -0.394 e. The van der Waals surface area contributed by atoms with Crippen molar-refractivity contribution in [3.05, 3.63) is 0 Å². The molecular weight excluding hydrogens is 294 g/mol. The number of ether oxygens (including phenoxy) is 2. The van der Waals surface area contributed by atoms with Gasteiger partial charge >= 0.3 is 0 Å². The second kappa shape index (κ2) is 7.47. The van der Waals surface area contributed by atoms with Gasteiger partial charge < -0.3 is 30.1 Å². The molecule has 1 amide bonds. The molecule has 1 heterocycles. The maximum absolute atomic E-state index is 11.9. The second-order valence-electron chi connectivity index (χ2n) is 6.42. The quantitative estimate of drug-likeness (QED) is 0.489. The van der Waals surface area contributed by atoms with Crippen molar-refractivity contribution in [3.63, 3.8) is 0 Å². The summed E-state index contributed by atoms with van der Waals surface area (Å²) in [7, 11) is 0. The highest BCUT2D eigenvalue weighted by atomic mass is 16.7. The molecule has 1 saturated heterocycles. The number of carbonyl (C=O) groups is 2. The van der Waals surface area contributed by atoms with Gasteiger partial charge in [0.05, 0.1) is 6.61 Å². The molecule has 0 aromatic heterocycles. The summed E-state index contributed by atoms with van der Waals surface area (Å²) >= 11 is 0. The lowest BCUT2D eigenvalue weighted by Gasteiger charge is -2.42. The predicted molar refractivity (Wildman–Crippen MR) is 75.8 cm³/mol. The number of hydrogen-bond donors (Lipinski definition) is 4. The van der Waals surface area contributed by atoms with Crippen molar-refractivity contribution < 1.29 is 34.4 Å². The van der Waals surface area contributed by atoms with Crippen LogP contribution in [0, 0.1) is 5.41 Å². The van der Waals surface area contributed by atoms with Gasteiger partial charge in [-0.15, -0.1) is 0 Å². The van der Waals surface area contributed by atoms with Crippen molar-refractivity contribution in [2.45, 2.75) is 58.3 Å². The third kappa shape index (κ3) is 4.72. The minimum atomic E-state index is -1.38. The van der Waals surface area contributed by atoms with Crippen LogP contribution in [-0.2, 0) is 19.1 Å². The highest BCUT2D eigenvalue weighted by Gasteiger charge is 2.45. The van der Waals surface area contributed by atoms with Gasteiger partial charge in [-0.25, -0.2) is 0 Å². The zero-order chi connectivity index (χ0) is 17.1. The lowest BCUT2D eigenvalue weighted by atomic mass is 9.91. The molecule has 0 saturated carbocycles. The van der Waals surface area contributed by atoms with E-state index >= 15 is 0 Å². The molecule has 1 fully saturated rings. The van der Waals surface area contributed by atoms with E-state index < -0.39 is 48.6 Å². The van der Waals surface area contributed by atoms with E-state index in [1.54, 1.807) is 20.8 Å².